The molecular formula is C9H10N2. The van der Waals surface area contributed by atoms with Gasteiger partial charge in [0.05, 0.1) is 11.4 Å². The molecule has 2 nitrogen and oxygen atoms in total. The fraction of sp³-hybridized carbons (Fsp3) is 0. The lowest BCUT2D eigenvalue weighted by atomic mass is 10.3. The minimum atomic E-state index is 0.686. The number of allylic oxidation sites excluding steroid dienone is 2. The number of aromatic nitrogens is 1. The Bertz CT molecular complexity index is 277. The highest BCUT2D eigenvalue weighted by Gasteiger charge is 1.90. The summed E-state index contributed by atoms with van der Waals surface area (Å²) < 4.78 is 0. The highest BCUT2D eigenvalue weighted by atomic mass is 14.7. The predicted octanol–water partition coefficient (Wildman–Crippen LogP) is 1.86. The lowest BCUT2D eigenvalue weighted by Gasteiger charge is -1.95. The third kappa shape index (κ3) is 1.93. The van der Waals surface area contributed by atoms with Gasteiger partial charge in [-0.15, -0.1) is 0 Å². The molecule has 11 heavy (non-hydrogen) atoms. The molecule has 1 heterocycles. The van der Waals surface area contributed by atoms with Gasteiger partial charge in [0.25, 0.3) is 0 Å². The van der Waals surface area contributed by atoms with Crippen molar-refractivity contribution >= 4 is 11.8 Å². The number of hydrogen-bond acceptors (Lipinski definition) is 2. The standard InChI is InChI=1S/C9H10N2/c1-2-3-6-9-8(10)5-4-7-11-9/h2-7H,1,10H2/b6-3-. The number of nitrogen functional groups attached to an aromatic ring is 1. The molecule has 0 aromatic carbocycles. The van der Waals surface area contributed by atoms with Gasteiger partial charge in [-0.05, 0) is 18.2 Å². The second-order valence-electron chi connectivity index (χ2n) is 2.07. The molecular weight excluding hydrogens is 136 g/mol. The van der Waals surface area contributed by atoms with E-state index in [1.807, 2.05) is 12.1 Å². The molecule has 0 amide bonds. The first kappa shape index (κ1) is 7.54. The van der Waals surface area contributed by atoms with Crippen molar-refractivity contribution in [3.8, 4) is 0 Å². The Hall–Kier alpha value is -1.57. The summed E-state index contributed by atoms with van der Waals surface area (Å²) in [4.78, 5) is 4.06. The topological polar surface area (TPSA) is 38.9 Å². The van der Waals surface area contributed by atoms with Crippen LogP contribution in [0, 0.1) is 0 Å². The van der Waals surface area contributed by atoms with Gasteiger partial charge in [-0.2, -0.15) is 0 Å². The second-order valence-corrected chi connectivity index (χ2v) is 2.07. The molecule has 0 radical (unpaired) electrons. The van der Waals surface area contributed by atoms with Crippen LogP contribution in [0.3, 0.4) is 0 Å². The summed E-state index contributed by atoms with van der Waals surface area (Å²) in [5.74, 6) is 0. The molecule has 0 bridgehead atoms. The zero-order valence-electron chi connectivity index (χ0n) is 6.20. The fourth-order valence-electron chi connectivity index (χ4n) is 0.728. The molecule has 0 spiro atoms. The number of pyridine rings is 1. The van der Waals surface area contributed by atoms with Crippen molar-refractivity contribution in [2.45, 2.75) is 0 Å². The fourth-order valence-corrected chi connectivity index (χ4v) is 0.728. The second kappa shape index (κ2) is 3.56. The number of nitrogens with zero attached hydrogens (tertiary/aromatic N) is 1. The van der Waals surface area contributed by atoms with Gasteiger partial charge in [-0.3, -0.25) is 4.98 Å². The molecule has 0 aliphatic rings. The Morgan fingerprint density at radius 1 is 1.55 bits per heavy atom. The van der Waals surface area contributed by atoms with Crippen LogP contribution >= 0.6 is 0 Å². The summed E-state index contributed by atoms with van der Waals surface area (Å²) >= 11 is 0. The van der Waals surface area contributed by atoms with Gasteiger partial charge in [0.15, 0.2) is 0 Å². The monoisotopic (exact) mass is 146 g/mol. The first-order valence-corrected chi connectivity index (χ1v) is 3.34. The Morgan fingerprint density at radius 2 is 2.36 bits per heavy atom. The average molecular weight is 146 g/mol. The maximum Gasteiger partial charge on any atom is 0.0858 e. The number of hydrogen-bond donors (Lipinski definition) is 1. The third-order valence-electron chi connectivity index (χ3n) is 1.26. The van der Waals surface area contributed by atoms with E-state index in [2.05, 4.69) is 11.6 Å². The van der Waals surface area contributed by atoms with Crippen LogP contribution < -0.4 is 5.73 Å². The first-order valence-electron chi connectivity index (χ1n) is 3.34. The lowest BCUT2D eigenvalue weighted by Crippen LogP contribution is -1.90. The van der Waals surface area contributed by atoms with E-state index in [4.69, 9.17) is 5.73 Å². The average Bonchev–Trinajstić information content (AvgIpc) is 2.03. The molecule has 1 rings (SSSR count). The van der Waals surface area contributed by atoms with Crippen LogP contribution in [0.25, 0.3) is 6.08 Å². The van der Waals surface area contributed by atoms with Crippen LogP contribution in [-0.2, 0) is 0 Å². The smallest absolute Gasteiger partial charge is 0.0858 e. The Morgan fingerprint density at radius 3 is 3.00 bits per heavy atom. The van der Waals surface area contributed by atoms with Crippen molar-refractivity contribution < 1.29 is 0 Å². The Balaban J connectivity index is 2.94. The predicted molar refractivity (Wildman–Crippen MR) is 47.9 cm³/mol. The minimum absolute atomic E-state index is 0.686. The Labute approximate surface area is 66.1 Å². The summed E-state index contributed by atoms with van der Waals surface area (Å²) in [6.45, 7) is 3.55. The van der Waals surface area contributed by atoms with E-state index in [1.165, 1.54) is 0 Å². The van der Waals surface area contributed by atoms with Crippen molar-refractivity contribution in [1.82, 2.24) is 4.98 Å². The van der Waals surface area contributed by atoms with E-state index in [-0.39, 0.29) is 0 Å². The molecule has 0 unspecified atom stereocenters. The van der Waals surface area contributed by atoms with Gasteiger partial charge in [-0.1, -0.05) is 18.7 Å². The summed E-state index contributed by atoms with van der Waals surface area (Å²) in [6, 6.07) is 3.62. The van der Waals surface area contributed by atoms with Crippen LogP contribution in [-0.4, -0.2) is 4.98 Å². The van der Waals surface area contributed by atoms with Crippen LogP contribution in [0.1, 0.15) is 5.69 Å². The van der Waals surface area contributed by atoms with Crippen molar-refractivity contribution in [3.63, 3.8) is 0 Å². The first-order chi connectivity index (χ1) is 5.34. The largest absolute Gasteiger partial charge is 0.397 e. The van der Waals surface area contributed by atoms with Crippen molar-refractivity contribution in [3.05, 3.63) is 42.8 Å². The van der Waals surface area contributed by atoms with Crippen LogP contribution in [0.2, 0.25) is 0 Å². The number of nitrogens with two attached hydrogens (primary N) is 1. The van der Waals surface area contributed by atoms with Gasteiger partial charge < -0.3 is 5.73 Å². The molecule has 0 saturated carbocycles. The molecule has 0 fully saturated rings. The molecule has 0 saturated heterocycles. The summed E-state index contributed by atoms with van der Waals surface area (Å²) in [6.07, 6.45) is 7.02. The molecule has 0 aliphatic heterocycles. The van der Waals surface area contributed by atoms with Crippen molar-refractivity contribution in [2.75, 3.05) is 5.73 Å². The summed E-state index contributed by atoms with van der Waals surface area (Å²) in [5, 5.41) is 0. The van der Waals surface area contributed by atoms with Crippen molar-refractivity contribution in [2.24, 2.45) is 0 Å². The van der Waals surface area contributed by atoms with Gasteiger partial charge in [-0.25, -0.2) is 0 Å². The van der Waals surface area contributed by atoms with Gasteiger partial charge in [0.1, 0.15) is 0 Å². The van der Waals surface area contributed by atoms with E-state index in [9.17, 15) is 0 Å². The van der Waals surface area contributed by atoms with Crippen LogP contribution in [0.5, 0.6) is 0 Å². The quantitative estimate of drug-likeness (QED) is 0.647. The summed E-state index contributed by atoms with van der Waals surface area (Å²) in [7, 11) is 0. The zero-order chi connectivity index (χ0) is 8.10. The maximum absolute atomic E-state index is 5.61. The molecule has 2 heteroatoms. The molecule has 56 valence electrons. The van der Waals surface area contributed by atoms with Gasteiger partial charge >= 0.3 is 0 Å². The third-order valence-corrected chi connectivity index (χ3v) is 1.26. The zero-order valence-corrected chi connectivity index (χ0v) is 6.20. The van der Waals surface area contributed by atoms with Crippen LogP contribution in [0.15, 0.2) is 37.1 Å². The van der Waals surface area contributed by atoms with Gasteiger partial charge in [0.2, 0.25) is 0 Å². The maximum atomic E-state index is 5.61. The molecule has 1 aromatic rings. The number of rotatable bonds is 2. The van der Waals surface area contributed by atoms with E-state index in [1.54, 1.807) is 24.4 Å². The normalized spacial score (nSPS) is 10.2. The van der Waals surface area contributed by atoms with E-state index in [0.717, 1.165) is 5.69 Å². The molecule has 0 aliphatic carbocycles. The Kier molecular flexibility index (Phi) is 2.44. The molecule has 1 aromatic heterocycles. The van der Waals surface area contributed by atoms with Crippen LogP contribution in [0.4, 0.5) is 5.69 Å². The highest BCUT2D eigenvalue weighted by Crippen LogP contribution is 2.07. The SMILES string of the molecule is C=C/C=C\c1ncccc1N. The highest BCUT2D eigenvalue weighted by molar-refractivity contribution is 5.60. The van der Waals surface area contributed by atoms with E-state index in [0.29, 0.717) is 5.69 Å². The number of anilines is 1. The van der Waals surface area contributed by atoms with E-state index >= 15 is 0 Å². The minimum Gasteiger partial charge on any atom is -0.397 e. The van der Waals surface area contributed by atoms with Gasteiger partial charge in [0, 0.05) is 6.20 Å². The lowest BCUT2D eigenvalue weighted by molar-refractivity contribution is 1.30. The van der Waals surface area contributed by atoms with E-state index < -0.39 is 0 Å². The molecule has 2 N–H and O–H groups in total. The molecule has 0 atom stereocenters. The summed E-state index contributed by atoms with van der Waals surface area (Å²) in [5.41, 5.74) is 7.08. The van der Waals surface area contributed by atoms with Crippen molar-refractivity contribution in [1.29, 1.82) is 0 Å².